The maximum atomic E-state index is 8.69. The monoisotopic (exact) mass is 151 g/mol. The standard InChI is InChI=1S/C8H13N3/c1-11-4-2-3-8(10)7(5-9)6-11/h7,10H,2-4,6H2,1H3. The van der Waals surface area contributed by atoms with Crippen LogP contribution in [0.5, 0.6) is 0 Å². The summed E-state index contributed by atoms with van der Waals surface area (Å²) in [4.78, 5) is 2.12. The Bertz CT molecular complexity index is 192. The van der Waals surface area contributed by atoms with Crippen molar-refractivity contribution >= 4 is 5.71 Å². The van der Waals surface area contributed by atoms with Crippen molar-refractivity contribution in [3.8, 4) is 6.07 Å². The van der Waals surface area contributed by atoms with Crippen LogP contribution >= 0.6 is 0 Å². The first-order valence-corrected chi connectivity index (χ1v) is 3.89. The smallest absolute Gasteiger partial charge is 0.0964 e. The molecule has 0 spiro atoms. The highest BCUT2D eigenvalue weighted by molar-refractivity contribution is 5.86. The summed E-state index contributed by atoms with van der Waals surface area (Å²) in [6.07, 6.45) is 1.82. The number of nitrogens with one attached hydrogen (secondary N) is 1. The number of nitriles is 1. The molecule has 11 heavy (non-hydrogen) atoms. The Balaban J connectivity index is 2.61. The van der Waals surface area contributed by atoms with E-state index < -0.39 is 0 Å². The van der Waals surface area contributed by atoms with Crippen molar-refractivity contribution in [1.29, 1.82) is 10.7 Å². The van der Waals surface area contributed by atoms with Crippen LogP contribution in [-0.2, 0) is 0 Å². The minimum Gasteiger partial charge on any atom is -0.308 e. The molecule has 1 aliphatic heterocycles. The van der Waals surface area contributed by atoms with Gasteiger partial charge >= 0.3 is 0 Å². The molecule has 0 bridgehead atoms. The van der Waals surface area contributed by atoms with Crippen molar-refractivity contribution < 1.29 is 0 Å². The van der Waals surface area contributed by atoms with E-state index in [2.05, 4.69) is 11.0 Å². The Morgan fingerprint density at radius 2 is 2.45 bits per heavy atom. The number of nitrogens with zero attached hydrogens (tertiary/aromatic N) is 2. The second kappa shape index (κ2) is 3.49. The molecule has 3 nitrogen and oxygen atoms in total. The van der Waals surface area contributed by atoms with Crippen LogP contribution in [0.4, 0.5) is 0 Å². The lowest BCUT2D eigenvalue weighted by Crippen LogP contribution is -2.25. The van der Waals surface area contributed by atoms with Gasteiger partial charge in [0.05, 0.1) is 12.0 Å². The van der Waals surface area contributed by atoms with Crippen LogP contribution in [-0.4, -0.2) is 30.7 Å². The van der Waals surface area contributed by atoms with Crippen molar-refractivity contribution in [1.82, 2.24) is 4.90 Å². The molecule has 0 radical (unpaired) electrons. The van der Waals surface area contributed by atoms with Crippen LogP contribution in [0.3, 0.4) is 0 Å². The maximum absolute atomic E-state index is 8.69. The highest BCUT2D eigenvalue weighted by atomic mass is 15.1. The average molecular weight is 151 g/mol. The van der Waals surface area contributed by atoms with Gasteiger partial charge in [0.25, 0.3) is 0 Å². The van der Waals surface area contributed by atoms with Gasteiger partial charge in [0.15, 0.2) is 0 Å². The molecule has 1 unspecified atom stereocenters. The molecule has 1 fully saturated rings. The number of hydrogen-bond acceptors (Lipinski definition) is 3. The zero-order chi connectivity index (χ0) is 8.27. The molecule has 0 aromatic heterocycles. The first kappa shape index (κ1) is 8.22. The van der Waals surface area contributed by atoms with Crippen molar-refractivity contribution in [3.05, 3.63) is 0 Å². The zero-order valence-corrected chi connectivity index (χ0v) is 6.80. The molecule has 1 atom stereocenters. The summed E-state index contributed by atoms with van der Waals surface area (Å²) < 4.78 is 0. The minimum absolute atomic E-state index is 0.164. The summed E-state index contributed by atoms with van der Waals surface area (Å²) in [6, 6.07) is 2.16. The summed E-state index contributed by atoms with van der Waals surface area (Å²) >= 11 is 0. The third-order valence-corrected chi connectivity index (χ3v) is 2.06. The van der Waals surface area contributed by atoms with Crippen molar-refractivity contribution in [2.45, 2.75) is 12.8 Å². The molecule has 1 heterocycles. The molecular formula is C8H13N3. The molecule has 0 amide bonds. The predicted molar refractivity (Wildman–Crippen MR) is 43.6 cm³/mol. The summed E-state index contributed by atoms with van der Waals surface area (Å²) in [7, 11) is 2.00. The minimum atomic E-state index is -0.164. The maximum Gasteiger partial charge on any atom is 0.0964 e. The van der Waals surface area contributed by atoms with E-state index in [1.54, 1.807) is 0 Å². The SMILES string of the molecule is CN1CCCC(=N)C(C#N)C1. The van der Waals surface area contributed by atoms with Crippen LogP contribution in [0.2, 0.25) is 0 Å². The quantitative estimate of drug-likeness (QED) is 0.558. The van der Waals surface area contributed by atoms with Crippen LogP contribution in [0.1, 0.15) is 12.8 Å². The van der Waals surface area contributed by atoms with E-state index in [1.165, 1.54) is 0 Å². The second-order valence-electron chi connectivity index (χ2n) is 3.07. The van der Waals surface area contributed by atoms with E-state index >= 15 is 0 Å². The van der Waals surface area contributed by atoms with Gasteiger partial charge in [-0.2, -0.15) is 5.26 Å². The van der Waals surface area contributed by atoms with Gasteiger partial charge in [-0.15, -0.1) is 0 Å². The Hall–Kier alpha value is -0.880. The lowest BCUT2D eigenvalue weighted by atomic mass is 10.0. The fourth-order valence-corrected chi connectivity index (χ4v) is 1.35. The number of rotatable bonds is 0. The third-order valence-electron chi connectivity index (χ3n) is 2.06. The molecular weight excluding hydrogens is 138 g/mol. The van der Waals surface area contributed by atoms with Crippen LogP contribution < -0.4 is 0 Å². The van der Waals surface area contributed by atoms with Crippen LogP contribution in [0, 0.1) is 22.7 Å². The Labute approximate surface area is 67.1 Å². The van der Waals surface area contributed by atoms with Gasteiger partial charge in [-0.25, -0.2) is 0 Å². The Morgan fingerprint density at radius 1 is 1.73 bits per heavy atom. The molecule has 0 saturated carbocycles. The second-order valence-corrected chi connectivity index (χ2v) is 3.07. The molecule has 0 aromatic rings. The van der Waals surface area contributed by atoms with E-state index in [9.17, 15) is 0 Å². The summed E-state index contributed by atoms with van der Waals surface area (Å²) in [5.74, 6) is -0.164. The van der Waals surface area contributed by atoms with E-state index in [0.29, 0.717) is 5.71 Å². The molecule has 1 N–H and O–H groups in total. The first-order valence-electron chi connectivity index (χ1n) is 3.89. The molecule has 0 aromatic carbocycles. The highest BCUT2D eigenvalue weighted by Crippen LogP contribution is 2.10. The molecule has 0 aliphatic carbocycles. The van der Waals surface area contributed by atoms with E-state index in [0.717, 1.165) is 25.9 Å². The lowest BCUT2D eigenvalue weighted by molar-refractivity contribution is 0.336. The lowest BCUT2D eigenvalue weighted by Gasteiger charge is -2.13. The van der Waals surface area contributed by atoms with Gasteiger partial charge in [-0.1, -0.05) is 0 Å². The first-order chi connectivity index (χ1) is 5.24. The van der Waals surface area contributed by atoms with Crippen LogP contribution in [0.25, 0.3) is 0 Å². The number of likely N-dealkylation sites (tertiary alicyclic amines) is 1. The van der Waals surface area contributed by atoms with Gasteiger partial charge < -0.3 is 10.3 Å². The average Bonchev–Trinajstić information content (AvgIpc) is 2.13. The molecule has 1 rings (SSSR count). The highest BCUT2D eigenvalue weighted by Gasteiger charge is 2.19. The van der Waals surface area contributed by atoms with Crippen molar-refractivity contribution in [2.24, 2.45) is 5.92 Å². The molecule has 3 heteroatoms. The zero-order valence-electron chi connectivity index (χ0n) is 6.80. The Kier molecular flexibility index (Phi) is 2.61. The number of hydrogen-bond donors (Lipinski definition) is 1. The topological polar surface area (TPSA) is 50.9 Å². The largest absolute Gasteiger partial charge is 0.308 e. The summed E-state index contributed by atoms with van der Waals surface area (Å²) in [6.45, 7) is 1.75. The van der Waals surface area contributed by atoms with Gasteiger partial charge in [0.2, 0.25) is 0 Å². The predicted octanol–water partition coefficient (Wildman–Crippen LogP) is 0.872. The fourth-order valence-electron chi connectivity index (χ4n) is 1.35. The Morgan fingerprint density at radius 3 is 3.09 bits per heavy atom. The normalized spacial score (nSPS) is 27.6. The van der Waals surface area contributed by atoms with E-state index in [4.69, 9.17) is 10.7 Å². The molecule has 1 aliphatic rings. The van der Waals surface area contributed by atoms with Gasteiger partial charge in [-0.3, -0.25) is 0 Å². The molecule has 1 saturated heterocycles. The van der Waals surface area contributed by atoms with Crippen LogP contribution in [0.15, 0.2) is 0 Å². The van der Waals surface area contributed by atoms with Gasteiger partial charge in [0.1, 0.15) is 0 Å². The molecule has 60 valence electrons. The summed E-state index contributed by atoms with van der Waals surface area (Å²) in [5.41, 5.74) is 0.608. The van der Waals surface area contributed by atoms with E-state index in [-0.39, 0.29) is 5.92 Å². The fraction of sp³-hybridized carbons (Fsp3) is 0.750. The van der Waals surface area contributed by atoms with Crippen molar-refractivity contribution in [2.75, 3.05) is 20.1 Å². The van der Waals surface area contributed by atoms with Crippen molar-refractivity contribution in [3.63, 3.8) is 0 Å². The van der Waals surface area contributed by atoms with E-state index in [1.807, 2.05) is 7.05 Å². The summed E-state index contributed by atoms with van der Waals surface area (Å²) in [5, 5.41) is 16.2. The van der Waals surface area contributed by atoms with Gasteiger partial charge in [-0.05, 0) is 26.4 Å². The third kappa shape index (κ3) is 2.02. The van der Waals surface area contributed by atoms with Gasteiger partial charge in [0, 0.05) is 12.3 Å².